The Morgan fingerprint density at radius 2 is 2.36 bits per heavy atom. The molecule has 0 aromatic heterocycles. The molecule has 0 spiro atoms. The van der Waals surface area contributed by atoms with Gasteiger partial charge in [0, 0.05) is 0 Å². The van der Waals surface area contributed by atoms with E-state index in [0.717, 1.165) is 6.61 Å². The van der Waals surface area contributed by atoms with E-state index in [2.05, 4.69) is 11.9 Å². The van der Waals surface area contributed by atoms with E-state index in [-0.39, 0.29) is 0 Å². The van der Waals surface area contributed by atoms with Crippen LogP contribution in [0.4, 0.5) is 0 Å². The summed E-state index contributed by atoms with van der Waals surface area (Å²) >= 11 is 0. The van der Waals surface area contributed by atoms with Crippen LogP contribution >= 0.6 is 0 Å². The van der Waals surface area contributed by atoms with Crippen molar-refractivity contribution < 1.29 is 4.74 Å². The maximum atomic E-state index is 5.02. The first kappa shape index (κ1) is 8.57. The van der Waals surface area contributed by atoms with Crippen LogP contribution in [0.3, 0.4) is 0 Å². The lowest BCUT2D eigenvalue weighted by atomic mass is 10.1. The molecule has 0 saturated heterocycles. The fourth-order valence-electron chi connectivity index (χ4n) is 1.29. The first-order valence-corrected chi connectivity index (χ1v) is 4.56. The van der Waals surface area contributed by atoms with E-state index < -0.39 is 0 Å². The van der Waals surface area contributed by atoms with Crippen LogP contribution in [0.5, 0.6) is 0 Å². The van der Waals surface area contributed by atoms with Crippen LogP contribution in [0.1, 0.15) is 39.0 Å². The molecule has 0 aliphatic carbocycles. The largest absolute Gasteiger partial charge is 0.481 e. The molecule has 2 nitrogen and oxygen atoms in total. The van der Waals surface area contributed by atoms with Gasteiger partial charge in [0.25, 0.3) is 0 Å². The Kier molecular flexibility index (Phi) is 4.02. The van der Waals surface area contributed by atoms with E-state index in [0.29, 0.717) is 6.04 Å². The Hall–Kier alpha value is -0.530. The summed E-state index contributed by atoms with van der Waals surface area (Å²) in [6.45, 7) is 3.04. The zero-order valence-electron chi connectivity index (χ0n) is 7.25. The molecule has 0 aromatic rings. The molecule has 1 heterocycles. The molecule has 0 N–H and O–H groups in total. The van der Waals surface area contributed by atoms with E-state index in [1.54, 1.807) is 6.40 Å². The highest BCUT2D eigenvalue weighted by Crippen LogP contribution is 2.10. The lowest BCUT2D eigenvalue weighted by Crippen LogP contribution is -2.05. The molecule has 1 unspecified atom stereocenters. The molecule has 2 heteroatoms. The summed E-state index contributed by atoms with van der Waals surface area (Å²) in [5.74, 6) is 0. The second-order valence-electron chi connectivity index (χ2n) is 3.09. The van der Waals surface area contributed by atoms with Crippen molar-refractivity contribution in [2.75, 3.05) is 6.61 Å². The monoisotopic (exact) mass is 155 g/mol. The molecule has 1 atom stereocenters. The van der Waals surface area contributed by atoms with E-state index in [4.69, 9.17) is 4.74 Å². The van der Waals surface area contributed by atoms with Crippen molar-refractivity contribution in [2.45, 2.75) is 45.1 Å². The van der Waals surface area contributed by atoms with Gasteiger partial charge in [0.2, 0.25) is 0 Å². The number of hydrogen-bond donors (Lipinski definition) is 0. The third-order valence-electron chi connectivity index (χ3n) is 2.03. The highest BCUT2D eigenvalue weighted by molar-refractivity contribution is 5.48. The summed E-state index contributed by atoms with van der Waals surface area (Å²) in [5, 5.41) is 0. The van der Waals surface area contributed by atoms with Crippen molar-refractivity contribution in [3.8, 4) is 0 Å². The van der Waals surface area contributed by atoms with Gasteiger partial charge in [0.05, 0.1) is 6.04 Å². The number of hydrogen-bond acceptors (Lipinski definition) is 2. The van der Waals surface area contributed by atoms with Gasteiger partial charge in [-0.25, -0.2) is 0 Å². The minimum atomic E-state index is 0.465. The second-order valence-corrected chi connectivity index (χ2v) is 3.09. The van der Waals surface area contributed by atoms with Crippen LogP contribution in [0, 0.1) is 0 Å². The molecule has 0 saturated carbocycles. The van der Waals surface area contributed by atoms with Crippen molar-refractivity contribution in [2.24, 2.45) is 4.99 Å². The molecule has 0 radical (unpaired) electrons. The summed E-state index contributed by atoms with van der Waals surface area (Å²) in [6, 6.07) is 0.465. The maximum Gasteiger partial charge on any atom is 0.169 e. The molecular formula is C9H17NO. The van der Waals surface area contributed by atoms with Gasteiger partial charge in [-0.05, 0) is 6.42 Å². The Morgan fingerprint density at radius 3 is 3.00 bits per heavy atom. The highest BCUT2D eigenvalue weighted by Gasteiger charge is 2.09. The highest BCUT2D eigenvalue weighted by atomic mass is 16.5. The molecule has 0 bridgehead atoms. The summed E-state index contributed by atoms with van der Waals surface area (Å²) < 4.78 is 5.02. The van der Waals surface area contributed by atoms with Crippen LogP contribution < -0.4 is 0 Å². The van der Waals surface area contributed by atoms with Gasteiger partial charge in [-0.15, -0.1) is 0 Å². The van der Waals surface area contributed by atoms with Gasteiger partial charge < -0.3 is 4.74 Å². The summed E-state index contributed by atoms with van der Waals surface area (Å²) in [6.07, 6.45) is 8.12. The fourth-order valence-corrected chi connectivity index (χ4v) is 1.29. The number of rotatable bonds is 5. The number of aliphatic imine (C=N–C) groups is 1. The molecule has 1 aliphatic rings. The zero-order valence-corrected chi connectivity index (χ0v) is 7.25. The Bertz CT molecular complexity index is 123. The SMILES string of the molecule is CCCCCCC1COC=N1. The third-order valence-corrected chi connectivity index (χ3v) is 2.03. The van der Waals surface area contributed by atoms with Gasteiger partial charge in [-0.1, -0.05) is 32.6 Å². The van der Waals surface area contributed by atoms with Crippen LogP contribution in [0.15, 0.2) is 4.99 Å². The van der Waals surface area contributed by atoms with Gasteiger partial charge in [0.1, 0.15) is 6.61 Å². The van der Waals surface area contributed by atoms with Crippen molar-refractivity contribution in [1.29, 1.82) is 0 Å². The fraction of sp³-hybridized carbons (Fsp3) is 0.889. The minimum Gasteiger partial charge on any atom is -0.481 e. The smallest absolute Gasteiger partial charge is 0.169 e. The summed E-state index contributed by atoms with van der Waals surface area (Å²) in [7, 11) is 0. The molecule has 0 amide bonds. The van der Waals surface area contributed by atoms with E-state index in [1.165, 1.54) is 32.1 Å². The van der Waals surface area contributed by atoms with Crippen LogP contribution in [-0.2, 0) is 4.74 Å². The van der Waals surface area contributed by atoms with Crippen LogP contribution in [0.2, 0.25) is 0 Å². The minimum absolute atomic E-state index is 0.465. The Balaban J connectivity index is 1.90. The lowest BCUT2D eigenvalue weighted by Gasteiger charge is -2.03. The lowest BCUT2D eigenvalue weighted by molar-refractivity contribution is 0.318. The van der Waals surface area contributed by atoms with Crippen molar-refractivity contribution in [1.82, 2.24) is 0 Å². The van der Waals surface area contributed by atoms with Crippen LogP contribution in [0.25, 0.3) is 0 Å². The first-order chi connectivity index (χ1) is 5.43. The van der Waals surface area contributed by atoms with Crippen molar-refractivity contribution in [3.05, 3.63) is 0 Å². The molecule has 1 aliphatic heterocycles. The van der Waals surface area contributed by atoms with Crippen molar-refractivity contribution in [3.63, 3.8) is 0 Å². The molecule has 11 heavy (non-hydrogen) atoms. The zero-order chi connectivity index (χ0) is 7.94. The van der Waals surface area contributed by atoms with E-state index in [1.807, 2.05) is 0 Å². The van der Waals surface area contributed by atoms with Crippen molar-refractivity contribution >= 4 is 6.40 Å². The Labute approximate surface area is 68.7 Å². The third kappa shape index (κ3) is 3.40. The van der Waals surface area contributed by atoms with Gasteiger partial charge >= 0.3 is 0 Å². The first-order valence-electron chi connectivity index (χ1n) is 4.56. The van der Waals surface area contributed by atoms with Crippen LogP contribution in [-0.4, -0.2) is 19.0 Å². The van der Waals surface area contributed by atoms with E-state index >= 15 is 0 Å². The molecule has 0 fully saturated rings. The maximum absolute atomic E-state index is 5.02. The molecular weight excluding hydrogens is 138 g/mol. The quantitative estimate of drug-likeness (QED) is 0.558. The normalized spacial score (nSPS) is 22.1. The Morgan fingerprint density at radius 1 is 1.45 bits per heavy atom. The topological polar surface area (TPSA) is 21.6 Å². The molecule has 1 rings (SSSR count). The van der Waals surface area contributed by atoms with Gasteiger partial charge in [-0.3, -0.25) is 4.99 Å². The predicted octanol–water partition coefficient (Wildman–Crippen LogP) is 2.38. The predicted molar refractivity (Wildman–Crippen MR) is 47.0 cm³/mol. The number of nitrogens with zero attached hydrogens (tertiary/aromatic N) is 1. The van der Waals surface area contributed by atoms with Gasteiger partial charge in [-0.2, -0.15) is 0 Å². The standard InChI is InChI=1S/C9H17NO/c1-2-3-4-5-6-9-7-11-8-10-9/h8-9H,2-7H2,1H3. The van der Waals surface area contributed by atoms with E-state index in [9.17, 15) is 0 Å². The molecule has 64 valence electrons. The average molecular weight is 155 g/mol. The second kappa shape index (κ2) is 5.16. The number of ether oxygens (including phenoxy) is 1. The summed E-state index contributed by atoms with van der Waals surface area (Å²) in [4.78, 5) is 4.19. The van der Waals surface area contributed by atoms with Gasteiger partial charge in [0.15, 0.2) is 6.40 Å². The average Bonchev–Trinajstić information content (AvgIpc) is 2.50. The molecule has 0 aromatic carbocycles. The number of unbranched alkanes of at least 4 members (excludes halogenated alkanes) is 3. The summed E-state index contributed by atoms with van der Waals surface area (Å²) in [5.41, 5.74) is 0.